The van der Waals surface area contributed by atoms with E-state index >= 15 is 0 Å². The van der Waals surface area contributed by atoms with E-state index in [0.29, 0.717) is 6.61 Å². The Morgan fingerprint density at radius 2 is 1.90 bits per heavy atom. The molecule has 0 bridgehead atoms. The molecule has 1 aromatic carbocycles. The Balaban J connectivity index is 2.11. The van der Waals surface area contributed by atoms with Crippen LogP contribution >= 0.6 is 0 Å². The first-order valence-electron chi connectivity index (χ1n) is 7.62. The first-order valence-corrected chi connectivity index (χ1v) is 10.5. The van der Waals surface area contributed by atoms with E-state index in [1.54, 1.807) is 0 Å². The molecule has 0 radical (unpaired) electrons. The van der Waals surface area contributed by atoms with Crippen molar-refractivity contribution >= 4 is 14.2 Å². The van der Waals surface area contributed by atoms with Crippen molar-refractivity contribution < 1.29 is 9.22 Å². The van der Waals surface area contributed by atoms with Crippen LogP contribution in [0.1, 0.15) is 36.7 Å². The number of rotatable bonds is 3. The van der Waals surface area contributed by atoms with Gasteiger partial charge in [0.25, 0.3) is 5.91 Å². The van der Waals surface area contributed by atoms with Crippen LogP contribution in [0.3, 0.4) is 0 Å². The Morgan fingerprint density at radius 1 is 1.29 bits per heavy atom. The largest absolute Gasteiger partial charge is 0.415 e. The predicted molar refractivity (Wildman–Crippen MR) is 89.2 cm³/mol. The number of hydrogen-bond donors (Lipinski definition) is 0. The van der Waals surface area contributed by atoms with Crippen LogP contribution in [0.5, 0.6) is 0 Å². The molecule has 1 heterocycles. The summed E-state index contributed by atoms with van der Waals surface area (Å²) in [6.45, 7) is 11.9. The van der Waals surface area contributed by atoms with Gasteiger partial charge < -0.3 is 9.33 Å². The minimum Gasteiger partial charge on any atom is -0.415 e. The smallest absolute Gasteiger partial charge is 0.254 e. The molecule has 1 aromatic rings. The summed E-state index contributed by atoms with van der Waals surface area (Å²) in [4.78, 5) is 14.3. The lowest BCUT2D eigenvalue weighted by Gasteiger charge is -2.40. The average molecular weight is 305 g/mol. The third-order valence-electron chi connectivity index (χ3n) is 5.01. The zero-order valence-electron chi connectivity index (χ0n) is 14.1. The van der Waals surface area contributed by atoms with Gasteiger partial charge in [-0.2, -0.15) is 0 Å². The van der Waals surface area contributed by atoms with Crippen LogP contribution in [-0.2, 0) is 10.8 Å². The molecular formula is C17H27NO2Si. The molecular weight excluding hydrogens is 278 g/mol. The number of nitrogens with zero attached hydrogens (tertiary/aromatic N) is 1. The van der Waals surface area contributed by atoms with E-state index < -0.39 is 8.32 Å². The monoisotopic (exact) mass is 305 g/mol. The number of amides is 1. The lowest BCUT2D eigenvalue weighted by molar-refractivity contribution is 0.0638. The van der Waals surface area contributed by atoms with Crippen LogP contribution in [0.4, 0.5) is 0 Å². The molecule has 0 unspecified atom stereocenters. The van der Waals surface area contributed by atoms with Crippen LogP contribution < -0.4 is 0 Å². The number of carbonyl (C=O) groups excluding carboxylic acids is 1. The highest BCUT2D eigenvalue weighted by atomic mass is 28.4. The SMILES string of the molecule is CN1C(=O)c2ccccc2C[C@H]1CO[Si](C)(C)C(C)(C)C. The fourth-order valence-corrected chi connectivity index (χ4v) is 3.39. The summed E-state index contributed by atoms with van der Waals surface area (Å²) in [6.07, 6.45) is 0.882. The van der Waals surface area contributed by atoms with E-state index in [4.69, 9.17) is 4.43 Å². The van der Waals surface area contributed by atoms with Crippen molar-refractivity contribution in [3.8, 4) is 0 Å². The summed E-state index contributed by atoms with van der Waals surface area (Å²) in [7, 11) is 0.117. The van der Waals surface area contributed by atoms with Gasteiger partial charge in [-0.25, -0.2) is 0 Å². The average Bonchev–Trinajstić information content (AvgIpc) is 2.40. The Bertz CT molecular complexity index is 534. The molecule has 0 spiro atoms. The first kappa shape index (κ1) is 16.2. The molecule has 0 N–H and O–H groups in total. The summed E-state index contributed by atoms with van der Waals surface area (Å²) in [5, 5.41) is 0.197. The summed E-state index contributed by atoms with van der Waals surface area (Å²) >= 11 is 0. The van der Waals surface area contributed by atoms with E-state index in [1.807, 2.05) is 30.1 Å². The zero-order chi connectivity index (χ0) is 15.8. The van der Waals surface area contributed by atoms with Crippen molar-refractivity contribution in [1.29, 1.82) is 0 Å². The molecule has 1 amide bonds. The van der Waals surface area contributed by atoms with Gasteiger partial charge >= 0.3 is 0 Å². The van der Waals surface area contributed by atoms with Crippen molar-refractivity contribution in [2.45, 2.75) is 51.4 Å². The van der Waals surface area contributed by atoms with Gasteiger partial charge in [-0.1, -0.05) is 39.0 Å². The van der Waals surface area contributed by atoms with Gasteiger partial charge in [-0.3, -0.25) is 4.79 Å². The van der Waals surface area contributed by atoms with Crippen molar-refractivity contribution in [1.82, 2.24) is 4.90 Å². The standard InChI is InChI=1S/C17H27NO2Si/c1-17(2,3)21(5,6)20-12-14-11-13-9-7-8-10-15(13)16(19)18(14)4/h7-10,14H,11-12H2,1-6H3/t14-/m0/s1. The van der Waals surface area contributed by atoms with E-state index in [9.17, 15) is 4.79 Å². The maximum Gasteiger partial charge on any atom is 0.254 e. The maximum absolute atomic E-state index is 12.4. The predicted octanol–water partition coefficient (Wildman–Crippen LogP) is 3.71. The van der Waals surface area contributed by atoms with Gasteiger partial charge in [-0.15, -0.1) is 0 Å². The van der Waals surface area contributed by atoms with Gasteiger partial charge in [-0.05, 0) is 36.2 Å². The second-order valence-electron chi connectivity index (χ2n) is 7.50. The zero-order valence-corrected chi connectivity index (χ0v) is 15.1. The fourth-order valence-electron chi connectivity index (χ4n) is 2.35. The molecule has 0 aliphatic carbocycles. The van der Waals surface area contributed by atoms with E-state index in [2.05, 4.69) is 39.9 Å². The van der Waals surface area contributed by atoms with Gasteiger partial charge in [0.2, 0.25) is 0 Å². The van der Waals surface area contributed by atoms with Crippen molar-refractivity contribution in [3.05, 3.63) is 35.4 Å². The number of hydrogen-bond acceptors (Lipinski definition) is 2. The van der Waals surface area contributed by atoms with Crippen LogP contribution in [-0.4, -0.2) is 38.8 Å². The maximum atomic E-state index is 12.4. The quantitative estimate of drug-likeness (QED) is 0.797. The van der Waals surface area contributed by atoms with E-state index in [1.165, 1.54) is 0 Å². The molecule has 1 atom stereocenters. The number of benzene rings is 1. The molecule has 1 aliphatic heterocycles. The van der Waals surface area contributed by atoms with Crippen LogP contribution in [0.25, 0.3) is 0 Å². The molecule has 0 fully saturated rings. The van der Waals surface area contributed by atoms with Crippen LogP contribution in [0.2, 0.25) is 18.1 Å². The molecule has 0 saturated carbocycles. The molecule has 116 valence electrons. The summed E-state index contributed by atoms with van der Waals surface area (Å²) in [6, 6.07) is 8.04. The summed E-state index contributed by atoms with van der Waals surface area (Å²) < 4.78 is 6.31. The Hall–Kier alpha value is -1.13. The lowest BCUT2D eigenvalue weighted by atomic mass is 9.94. The fraction of sp³-hybridized carbons (Fsp3) is 0.588. The third-order valence-corrected chi connectivity index (χ3v) is 9.51. The van der Waals surface area contributed by atoms with Crippen LogP contribution in [0.15, 0.2) is 24.3 Å². The summed E-state index contributed by atoms with van der Waals surface area (Å²) in [5.41, 5.74) is 1.98. The van der Waals surface area contributed by atoms with Gasteiger partial charge in [0.05, 0.1) is 12.6 Å². The molecule has 2 rings (SSSR count). The van der Waals surface area contributed by atoms with E-state index in [0.717, 1.165) is 17.5 Å². The topological polar surface area (TPSA) is 29.5 Å². The molecule has 0 aromatic heterocycles. The Morgan fingerprint density at radius 3 is 2.52 bits per heavy atom. The van der Waals surface area contributed by atoms with E-state index in [-0.39, 0.29) is 17.0 Å². The minimum atomic E-state index is -1.77. The summed E-state index contributed by atoms with van der Waals surface area (Å²) in [5.74, 6) is 0.112. The van der Waals surface area contributed by atoms with Crippen molar-refractivity contribution in [2.24, 2.45) is 0 Å². The minimum absolute atomic E-state index is 0.112. The molecule has 21 heavy (non-hydrogen) atoms. The molecule has 1 aliphatic rings. The first-order chi connectivity index (χ1) is 9.63. The van der Waals surface area contributed by atoms with Gasteiger partial charge in [0.15, 0.2) is 8.32 Å². The second kappa shape index (κ2) is 5.58. The van der Waals surface area contributed by atoms with Crippen LogP contribution in [0, 0.1) is 0 Å². The Labute approximate surface area is 129 Å². The van der Waals surface area contributed by atoms with Crippen molar-refractivity contribution in [2.75, 3.05) is 13.7 Å². The van der Waals surface area contributed by atoms with Crippen molar-refractivity contribution in [3.63, 3.8) is 0 Å². The highest BCUT2D eigenvalue weighted by molar-refractivity contribution is 6.74. The highest BCUT2D eigenvalue weighted by Gasteiger charge is 2.39. The Kier molecular flexibility index (Phi) is 4.31. The van der Waals surface area contributed by atoms with Gasteiger partial charge in [0.1, 0.15) is 0 Å². The lowest BCUT2D eigenvalue weighted by Crippen LogP contribution is -2.49. The second-order valence-corrected chi connectivity index (χ2v) is 12.3. The molecule has 0 saturated heterocycles. The molecule has 4 heteroatoms. The number of fused-ring (bicyclic) bond motifs is 1. The van der Waals surface area contributed by atoms with Gasteiger partial charge in [0, 0.05) is 12.6 Å². The number of likely N-dealkylation sites (N-methyl/N-ethyl adjacent to an activating group) is 1. The normalized spacial score (nSPS) is 19.6. The number of carbonyl (C=O) groups is 1. The third kappa shape index (κ3) is 3.21. The highest BCUT2D eigenvalue weighted by Crippen LogP contribution is 2.37. The molecule has 3 nitrogen and oxygen atoms in total.